The first-order valence-electron chi connectivity index (χ1n) is 5.82. The molecule has 0 aromatic rings. The van der Waals surface area contributed by atoms with E-state index in [1.807, 2.05) is 0 Å². The number of carbonyl (C=O) groups excluding carboxylic acids is 1. The van der Waals surface area contributed by atoms with Gasteiger partial charge in [-0.15, -0.1) is 0 Å². The summed E-state index contributed by atoms with van der Waals surface area (Å²) in [7, 11) is 1.70. The van der Waals surface area contributed by atoms with Crippen LogP contribution in [0.25, 0.3) is 0 Å². The third kappa shape index (κ3) is 3.81. The Hall–Kier alpha value is -1.10. The predicted molar refractivity (Wildman–Crippen MR) is 60.1 cm³/mol. The lowest BCUT2D eigenvalue weighted by Crippen LogP contribution is -2.45. The van der Waals surface area contributed by atoms with Crippen molar-refractivity contribution in [1.82, 2.24) is 10.6 Å². The number of carboxylic acids is 1. The van der Waals surface area contributed by atoms with Crippen LogP contribution < -0.4 is 10.6 Å². The number of rotatable bonds is 4. The van der Waals surface area contributed by atoms with Gasteiger partial charge in [0.15, 0.2) is 0 Å². The number of hydrogen-bond acceptors (Lipinski definition) is 3. The Morgan fingerprint density at radius 2 is 1.94 bits per heavy atom. The van der Waals surface area contributed by atoms with Gasteiger partial charge in [0.25, 0.3) is 0 Å². The lowest BCUT2D eigenvalue weighted by Gasteiger charge is -2.22. The maximum atomic E-state index is 11.4. The van der Waals surface area contributed by atoms with Gasteiger partial charge in [-0.2, -0.15) is 0 Å². The van der Waals surface area contributed by atoms with E-state index in [0.717, 1.165) is 25.7 Å². The lowest BCUT2D eigenvalue weighted by molar-refractivity contribution is -0.143. The third-order valence-electron chi connectivity index (χ3n) is 3.02. The van der Waals surface area contributed by atoms with Gasteiger partial charge < -0.3 is 15.7 Å². The second-order valence-electron chi connectivity index (χ2n) is 4.29. The van der Waals surface area contributed by atoms with Gasteiger partial charge in [-0.05, 0) is 19.9 Å². The molecule has 1 fully saturated rings. The van der Waals surface area contributed by atoms with Crippen molar-refractivity contribution in [2.45, 2.75) is 38.1 Å². The molecule has 5 nitrogen and oxygen atoms in total. The molecule has 1 aliphatic carbocycles. The van der Waals surface area contributed by atoms with E-state index in [2.05, 4.69) is 10.6 Å². The number of carbonyl (C=O) groups is 2. The van der Waals surface area contributed by atoms with E-state index in [0.29, 0.717) is 6.42 Å². The van der Waals surface area contributed by atoms with E-state index in [4.69, 9.17) is 5.11 Å². The average Bonchev–Trinajstić information content (AvgIpc) is 2.43. The minimum atomic E-state index is -0.795. The average molecular weight is 228 g/mol. The molecule has 0 saturated heterocycles. The minimum Gasteiger partial charge on any atom is -0.481 e. The van der Waals surface area contributed by atoms with Crippen LogP contribution in [0.1, 0.15) is 32.1 Å². The van der Waals surface area contributed by atoms with E-state index < -0.39 is 11.9 Å². The van der Waals surface area contributed by atoms with E-state index in [1.165, 1.54) is 0 Å². The topological polar surface area (TPSA) is 78.4 Å². The summed E-state index contributed by atoms with van der Waals surface area (Å²) in [6.07, 6.45) is 4.43. The number of carboxylic acid groups (broad SMARTS) is 1. The van der Waals surface area contributed by atoms with Crippen LogP contribution in [0.4, 0.5) is 0 Å². The van der Waals surface area contributed by atoms with E-state index in [1.54, 1.807) is 7.05 Å². The van der Waals surface area contributed by atoms with Crippen molar-refractivity contribution in [2.75, 3.05) is 13.6 Å². The van der Waals surface area contributed by atoms with Gasteiger partial charge in [-0.1, -0.05) is 19.3 Å². The van der Waals surface area contributed by atoms with Crippen molar-refractivity contribution in [2.24, 2.45) is 5.92 Å². The van der Waals surface area contributed by atoms with Crippen molar-refractivity contribution in [3.8, 4) is 0 Å². The molecule has 1 rings (SSSR count). The number of hydrogen-bond donors (Lipinski definition) is 3. The van der Waals surface area contributed by atoms with Crippen LogP contribution in [0, 0.1) is 5.92 Å². The fourth-order valence-electron chi connectivity index (χ4n) is 2.19. The molecule has 16 heavy (non-hydrogen) atoms. The van der Waals surface area contributed by atoms with Crippen molar-refractivity contribution < 1.29 is 14.7 Å². The highest BCUT2D eigenvalue weighted by Gasteiger charge is 2.30. The Morgan fingerprint density at radius 3 is 2.56 bits per heavy atom. The number of nitrogens with one attached hydrogen (secondary N) is 2. The highest BCUT2D eigenvalue weighted by Crippen LogP contribution is 2.23. The molecule has 0 aromatic carbocycles. The van der Waals surface area contributed by atoms with Gasteiger partial charge in [-0.25, -0.2) is 0 Å². The van der Waals surface area contributed by atoms with E-state index in [9.17, 15) is 9.59 Å². The van der Waals surface area contributed by atoms with Crippen molar-refractivity contribution >= 4 is 11.9 Å². The van der Waals surface area contributed by atoms with Gasteiger partial charge >= 0.3 is 5.97 Å². The predicted octanol–water partition coefficient (Wildman–Crippen LogP) is 0.355. The normalized spacial score (nSPS) is 25.8. The maximum Gasteiger partial charge on any atom is 0.308 e. The molecule has 0 radical (unpaired) electrons. The zero-order valence-electron chi connectivity index (χ0n) is 9.66. The van der Waals surface area contributed by atoms with Gasteiger partial charge in [0.05, 0.1) is 12.5 Å². The minimum absolute atomic E-state index is 0.124. The second-order valence-corrected chi connectivity index (χ2v) is 4.29. The molecule has 1 saturated carbocycles. The smallest absolute Gasteiger partial charge is 0.308 e. The van der Waals surface area contributed by atoms with Gasteiger partial charge in [0, 0.05) is 6.04 Å². The van der Waals surface area contributed by atoms with E-state index in [-0.39, 0.29) is 18.5 Å². The van der Waals surface area contributed by atoms with Crippen LogP contribution in [-0.4, -0.2) is 36.6 Å². The first-order chi connectivity index (χ1) is 7.65. The van der Waals surface area contributed by atoms with Gasteiger partial charge in [-0.3, -0.25) is 9.59 Å². The standard InChI is InChI=1S/C11H20N2O3/c1-12-7-10(14)13-9-6-4-2-3-5-8(9)11(15)16/h8-9,12H,2-7H2,1H3,(H,13,14)(H,15,16). The zero-order chi connectivity index (χ0) is 12.0. The number of likely N-dealkylation sites (N-methyl/N-ethyl adjacent to an activating group) is 1. The highest BCUT2D eigenvalue weighted by atomic mass is 16.4. The van der Waals surface area contributed by atoms with Crippen molar-refractivity contribution in [3.05, 3.63) is 0 Å². The van der Waals surface area contributed by atoms with Crippen LogP contribution in [0.2, 0.25) is 0 Å². The number of aliphatic carboxylic acids is 1. The monoisotopic (exact) mass is 228 g/mol. The molecule has 0 heterocycles. The molecule has 0 aliphatic heterocycles. The molecule has 5 heteroatoms. The van der Waals surface area contributed by atoms with Crippen molar-refractivity contribution in [1.29, 1.82) is 0 Å². The molecule has 2 atom stereocenters. The Balaban J connectivity index is 2.57. The van der Waals surface area contributed by atoms with Crippen LogP contribution in [0.15, 0.2) is 0 Å². The zero-order valence-corrected chi connectivity index (χ0v) is 9.66. The molecule has 92 valence electrons. The largest absolute Gasteiger partial charge is 0.481 e. The first-order valence-corrected chi connectivity index (χ1v) is 5.82. The summed E-state index contributed by atoms with van der Waals surface area (Å²) in [5.74, 6) is -1.35. The Morgan fingerprint density at radius 1 is 1.25 bits per heavy atom. The van der Waals surface area contributed by atoms with Crippen molar-refractivity contribution in [3.63, 3.8) is 0 Å². The molecule has 0 spiro atoms. The summed E-state index contributed by atoms with van der Waals surface area (Å²) >= 11 is 0. The molecule has 0 aromatic heterocycles. The fourth-order valence-corrected chi connectivity index (χ4v) is 2.19. The SMILES string of the molecule is CNCC(=O)NC1CCCCCC1C(=O)O. The Kier molecular flexibility index (Phi) is 5.25. The molecule has 0 bridgehead atoms. The summed E-state index contributed by atoms with van der Waals surface area (Å²) < 4.78 is 0. The van der Waals surface area contributed by atoms with Crippen LogP contribution in [0.5, 0.6) is 0 Å². The summed E-state index contributed by atoms with van der Waals surface area (Å²) in [6.45, 7) is 0.239. The highest BCUT2D eigenvalue weighted by molar-refractivity contribution is 5.79. The first kappa shape index (κ1) is 13.0. The molecule has 1 amide bonds. The van der Waals surface area contributed by atoms with Gasteiger partial charge in [0.2, 0.25) is 5.91 Å². The van der Waals surface area contributed by atoms with Crippen LogP contribution >= 0.6 is 0 Å². The summed E-state index contributed by atoms with van der Waals surface area (Å²) in [6, 6.07) is -0.208. The Bertz CT molecular complexity index is 256. The molecule has 2 unspecified atom stereocenters. The fraction of sp³-hybridized carbons (Fsp3) is 0.818. The molecule has 1 aliphatic rings. The second kappa shape index (κ2) is 6.48. The Labute approximate surface area is 95.6 Å². The molecule has 3 N–H and O–H groups in total. The van der Waals surface area contributed by atoms with Crippen LogP contribution in [-0.2, 0) is 9.59 Å². The lowest BCUT2D eigenvalue weighted by atomic mass is 9.95. The van der Waals surface area contributed by atoms with E-state index >= 15 is 0 Å². The summed E-state index contributed by atoms with van der Waals surface area (Å²) in [4.78, 5) is 22.5. The van der Waals surface area contributed by atoms with Crippen LogP contribution in [0.3, 0.4) is 0 Å². The summed E-state index contributed by atoms with van der Waals surface area (Å²) in [5, 5.41) is 14.7. The quantitative estimate of drug-likeness (QED) is 0.607. The van der Waals surface area contributed by atoms with Gasteiger partial charge in [0.1, 0.15) is 0 Å². The molecular formula is C11H20N2O3. The number of amides is 1. The summed E-state index contributed by atoms with van der Waals surface area (Å²) in [5.41, 5.74) is 0. The third-order valence-corrected chi connectivity index (χ3v) is 3.02. The molecular weight excluding hydrogens is 208 g/mol. The maximum absolute atomic E-state index is 11.4.